The van der Waals surface area contributed by atoms with Crippen LogP contribution < -0.4 is 10.2 Å². The summed E-state index contributed by atoms with van der Waals surface area (Å²) in [5.74, 6) is 1.16. The number of ether oxygens (including phenoxy) is 1. The fraction of sp³-hybridized carbons (Fsp3) is 0.267. The van der Waals surface area contributed by atoms with Gasteiger partial charge in [0.05, 0.1) is 23.6 Å². The molecule has 0 N–H and O–H groups in total. The van der Waals surface area contributed by atoms with Crippen molar-refractivity contribution in [3.05, 3.63) is 112 Å². The van der Waals surface area contributed by atoms with E-state index in [1.807, 2.05) is 60.7 Å². The van der Waals surface area contributed by atoms with Crippen molar-refractivity contribution in [3.8, 4) is 5.75 Å². The number of fused-ring (bicyclic) bond motifs is 2. The van der Waals surface area contributed by atoms with Gasteiger partial charge < -0.3 is 14.1 Å². The van der Waals surface area contributed by atoms with Crippen LogP contribution in [0.15, 0.2) is 88.1 Å². The molecule has 35 heavy (non-hydrogen) atoms. The molecule has 4 aromatic rings. The Morgan fingerprint density at radius 2 is 1.71 bits per heavy atom. The highest BCUT2D eigenvalue weighted by Crippen LogP contribution is 2.39. The van der Waals surface area contributed by atoms with E-state index in [2.05, 4.69) is 13.8 Å². The lowest BCUT2D eigenvalue weighted by molar-refractivity contribution is 0.0729. The van der Waals surface area contributed by atoms with Crippen LogP contribution >= 0.6 is 0 Å². The van der Waals surface area contributed by atoms with Gasteiger partial charge in [-0.15, -0.1) is 0 Å². The van der Waals surface area contributed by atoms with Crippen LogP contribution in [0.25, 0.3) is 11.0 Å². The number of hydrogen-bond donors (Lipinski definition) is 0. The van der Waals surface area contributed by atoms with E-state index >= 15 is 0 Å². The largest absolute Gasteiger partial charge is 0.494 e. The second-order valence-electron chi connectivity index (χ2n) is 9.41. The van der Waals surface area contributed by atoms with E-state index in [1.165, 1.54) is 0 Å². The van der Waals surface area contributed by atoms with Crippen molar-refractivity contribution in [1.82, 2.24) is 4.90 Å². The van der Waals surface area contributed by atoms with Crippen LogP contribution in [-0.2, 0) is 6.42 Å². The molecular formula is C30H29NO4. The SMILES string of the molecule is CC(C)CCOc1cccc([C@@H]2c3c(oc4ccccc4c3=O)C(=O)N2CCc2ccccc2)c1. The van der Waals surface area contributed by atoms with E-state index < -0.39 is 6.04 Å². The van der Waals surface area contributed by atoms with Crippen molar-refractivity contribution in [2.24, 2.45) is 5.92 Å². The summed E-state index contributed by atoms with van der Waals surface area (Å²) in [4.78, 5) is 29.0. The average molecular weight is 468 g/mol. The maximum absolute atomic E-state index is 13.6. The number of carbonyl (C=O) groups excluding carboxylic acids is 1. The highest BCUT2D eigenvalue weighted by molar-refractivity contribution is 5.99. The van der Waals surface area contributed by atoms with Crippen molar-refractivity contribution in [2.45, 2.75) is 32.7 Å². The first-order valence-corrected chi connectivity index (χ1v) is 12.2. The number of benzene rings is 3. The van der Waals surface area contributed by atoms with Crippen LogP contribution in [-0.4, -0.2) is 24.0 Å². The Labute approximate surface area is 205 Å². The van der Waals surface area contributed by atoms with E-state index in [4.69, 9.17) is 9.15 Å². The maximum atomic E-state index is 13.6. The van der Waals surface area contributed by atoms with Crippen LogP contribution in [0.1, 0.15) is 53.6 Å². The number of nitrogens with zero attached hydrogens (tertiary/aromatic N) is 1. The van der Waals surface area contributed by atoms with Crippen molar-refractivity contribution < 1.29 is 13.9 Å². The van der Waals surface area contributed by atoms with Crippen LogP contribution in [0.3, 0.4) is 0 Å². The summed E-state index contributed by atoms with van der Waals surface area (Å²) in [5.41, 5.74) is 2.65. The molecular weight excluding hydrogens is 438 g/mol. The van der Waals surface area contributed by atoms with Crippen molar-refractivity contribution in [3.63, 3.8) is 0 Å². The first-order chi connectivity index (χ1) is 17.0. The zero-order chi connectivity index (χ0) is 24.4. The lowest BCUT2D eigenvalue weighted by Crippen LogP contribution is -2.31. The highest BCUT2D eigenvalue weighted by atomic mass is 16.5. The number of hydrogen-bond acceptors (Lipinski definition) is 4. The molecule has 0 bridgehead atoms. The molecule has 178 valence electrons. The summed E-state index contributed by atoms with van der Waals surface area (Å²) in [6.07, 6.45) is 1.63. The van der Waals surface area contributed by atoms with E-state index in [1.54, 1.807) is 23.1 Å². The summed E-state index contributed by atoms with van der Waals surface area (Å²) < 4.78 is 12.0. The van der Waals surface area contributed by atoms with Crippen molar-refractivity contribution in [1.29, 1.82) is 0 Å². The van der Waals surface area contributed by atoms with Crippen LogP contribution in [0.2, 0.25) is 0 Å². The Hall–Kier alpha value is -3.86. The fourth-order valence-electron chi connectivity index (χ4n) is 4.63. The molecule has 1 aliphatic rings. The molecule has 1 atom stereocenters. The fourth-order valence-corrected chi connectivity index (χ4v) is 4.63. The molecule has 5 heteroatoms. The van der Waals surface area contributed by atoms with E-state index in [0.29, 0.717) is 42.0 Å². The molecule has 0 saturated carbocycles. The van der Waals surface area contributed by atoms with Gasteiger partial charge >= 0.3 is 0 Å². The summed E-state index contributed by atoms with van der Waals surface area (Å²) in [7, 11) is 0. The molecule has 5 rings (SSSR count). The van der Waals surface area contributed by atoms with Gasteiger partial charge in [0.2, 0.25) is 5.76 Å². The number of para-hydroxylation sites is 1. The molecule has 0 spiro atoms. The van der Waals surface area contributed by atoms with Gasteiger partial charge in [0, 0.05) is 6.54 Å². The smallest absolute Gasteiger partial charge is 0.290 e. The van der Waals surface area contributed by atoms with Gasteiger partial charge in [0.1, 0.15) is 11.3 Å². The Morgan fingerprint density at radius 1 is 0.943 bits per heavy atom. The zero-order valence-electron chi connectivity index (χ0n) is 20.1. The van der Waals surface area contributed by atoms with Gasteiger partial charge in [-0.1, -0.05) is 68.4 Å². The third-order valence-corrected chi connectivity index (χ3v) is 6.50. The minimum Gasteiger partial charge on any atom is -0.494 e. The van der Waals surface area contributed by atoms with Crippen molar-refractivity contribution in [2.75, 3.05) is 13.2 Å². The molecule has 1 amide bonds. The van der Waals surface area contributed by atoms with Crippen LogP contribution in [0.4, 0.5) is 0 Å². The van der Waals surface area contributed by atoms with Crippen molar-refractivity contribution >= 4 is 16.9 Å². The zero-order valence-corrected chi connectivity index (χ0v) is 20.1. The average Bonchev–Trinajstić information content (AvgIpc) is 3.15. The Bertz CT molecular complexity index is 1410. The van der Waals surface area contributed by atoms with Gasteiger partial charge in [-0.05, 0) is 54.2 Å². The van der Waals surface area contributed by atoms with Gasteiger partial charge in [0.15, 0.2) is 5.43 Å². The summed E-state index contributed by atoms with van der Waals surface area (Å²) in [6, 6.07) is 24.3. The normalized spacial score (nSPS) is 15.1. The third kappa shape index (κ3) is 4.59. The highest BCUT2D eigenvalue weighted by Gasteiger charge is 2.42. The quantitative estimate of drug-likeness (QED) is 0.319. The molecule has 0 aliphatic carbocycles. The minimum atomic E-state index is -0.532. The minimum absolute atomic E-state index is 0.137. The Kier molecular flexibility index (Phi) is 6.41. The second-order valence-corrected chi connectivity index (χ2v) is 9.41. The molecule has 0 radical (unpaired) electrons. The molecule has 3 aromatic carbocycles. The molecule has 0 fully saturated rings. The Balaban J connectivity index is 1.56. The summed E-state index contributed by atoms with van der Waals surface area (Å²) in [5, 5.41) is 0.485. The van der Waals surface area contributed by atoms with E-state index in [9.17, 15) is 9.59 Å². The van der Waals surface area contributed by atoms with E-state index in [0.717, 1.165) is 23.3 Å². The first kappa shape index (κ1) is 22.9. The van der Waals surface area contributed by atoms with Gasteiger partial charge in [0.25, 0.3) is 5.91 Å². The maximum Gasteiger partial charge on any atom is 0.290 e. The predicted octanol–water partition coefficient (Wildman–Crippen LogP) is 6.01. The van der Waals surface area contributed by atoms with Gasteiger partial charge in [-0.3, -0.25) is 9.59 Å². The topological polar surface area (TPSA) is 59.8 Å². The van der Waals surface area contributed by atoms with Crippen LogP contribution in [0, 0.1) is 5.92 Å². The molecule has 5 nitrogen and oxygen atoms in total. The van der Waals surface area contributed by atoms with Gasteiger partial charge in [-0.25, -0.2) is 0 Å². The molecule has 1 aromatic heterocycles. The molecule has 2 heterocycles. The third-order valence-electron chi connectivity index (χ3n) is 6.50. The standard InChI is InChI=1S/C30H29NO4/c1-20(2)16-18-34-23-12-8-11-22(19-23)27-26-28(32)24-13-6-7-14-25(24)35-29(26)30(33)31(27)17-15-21-9-4-3-5-10-21/h3-14,19-20,27H,15-18H2,1-2H3/t27-/m1/s1. The number of amides is 1. The number of rotatable bonds is 8. The Morgan fingerprint density at radius 3 is 2.51 bits per heavy atom. The number of carbonyl (C=O) groups is 1. The van der Waals surface area contributed by atoms with E-state index in [-0.39, 0.29) is 17.1 Å². The monoisotopic (exact) mass is 467 g/mol. The summed E-state index contributed by atoms with van der Waals surface area (Å²) in [6.45, 7) is 5.40. The first-order valence-electron chi connectivity index (χ1n) is 12.2. The molecule has 1 aliphatic heterocycles. The summed E-state index contributed by atoms with van der Waals surface area (Å²) >= 11 is 0. The van der Waals surface area contributed by atoms with Crippen LogP contribution in [0.5, 0.6) is 5.75 Å². The lowest BCUT2D eigenvalue weighted by atomic mass is 9.98. The molecule has 0 unspecified atom stereocenters. The van der Waals surface area contributed by atoms with Gasteiger partial charge in [-0.2, -0.15) is 0 Å². The second kappa shape index (κ2) is 9.79. The lowest BCUT2D eigenvalue weighted by Gasteiger charge is -2.25. The predicted molar refractivity (Wildman–Crippen MR) is 137 cm³/mol. The molecule has 0 saturated heterocycles.